The average Bonchev–Trinajstić information content (AvgIpc) is 2.77. The molecule has 0 spiro atoms. The molecule has 1 saturated carbocycles. The Morgan fingerprint density at radius 1 is 1.37 bits per heavy atom. The molecule has 6 heteroatoms. The van der Waals surface area contributed by atoms with Gasteiger partial charge in [0.2, 0.25) is 0 Å². The third-order valence-corrected chi connectivity index (χ3v) is 3.83. The smallest absolute Gasteiger partial charge is 0.328 e. The summed E-state index contributed by atoms with van der Waals surface area (Å²) >= 11 is 0. The summed E-state index contributed by atoms with van der Waals surface area (Å²) in [6.45, 7) is 2.32. The van der Waals surface area contributed by atoms with Crippen molar-refractivity contribution in [2.45, 2.75) is 31.9 Å². The van der Waals surface area contributed by atoms with Gasteiger partial charge in [-0.15, -0.1) is 0 Å². The Morgan fingerprint density at radius 2 is 2.11 bits per heavy atom. The first-order valence-electron chi connectivity index (χ1n) is 6.40. The predicted molar refractivity (Wildman–Crippen MR) is 70.5 cm³/mol. The molecule has 1 aromatic heterocycles. The first kappa shape index (κ1) is 14.0. The molecule has 1 heterocycles. The highest BCUT2D eigenvalue weighted by atomic mass is 16.5. The topological polar surface area (TPSA) is 73.3 Å². The van der Waals surface area contributed by atoms with Crippen molar-refractivity contribution >= 4 is 0 Å². The van der Waals surface area contributed by atoms with Gasteiger partial charge in [-0.1, -0.05) is 0 Å². The van der Waals surface area contributed by atoms with Crippen LogP contribution in [-0.2, 0) is 9.47 Å². The van der Waals surface area contributed by atoms with Gasteiger partial charge in [0.05, 0.1) is 12.7 Å². The Hall–Kier alpha value is -1.40. The van der Waals surface area contributed by atoms with E-state index in [-0.39, 0.29) is 29.3 Å². The molecule has 2 rings (SSSR count). The maximum absolute atomic E-state index is 11.9. The SMILES string of the molecule is COC[C@H]1C[C@@H](n2cc(C)c(=O)[nH]c2=O)C[C@@H]1OC. The maximum atomic E-state index is 11.9. The molecule has 19 heavy (non-hydrogen) atoms. The first-order valence-corrected chi connectivity index (χ1v) is 6.40. The molecule has 0 amide bonds. The van der Waals surface area contributed by atoms with Crippen LogP contribution >= 0.6 is 0 Å². The summed E-state index contributed by atoms with van der Waals surface area (Å²) in [7, 11) is 3.34. The van der Waals surface area contributed by atoms with Gasteiger partial charge in [0.25, 0.3) is 5.56 Å². The highest BCUT2D eigenvalue weighted by Gasteiger charge is 2.35. The molecule has 1 fully saturated rings. The monoisotopic (exact) mass is 268 g/mol. The molecule has 106 valence electrons. The Bertz CT molecular complexity index is 548. The number of hydrogen-bond donors (Lipinski definition) is 1. The van der Waals surface area contributed by atoms with E-state index in [9.17, 15) is 9.59 Å². The lowest BCUT2D eigenvalue weighted by molar-refractivity contribution is 0.0330. The van der Waals surface area contributed by atoms with Crippen molar-refractivity contribution < 1.29 is 9.47 Å². The molecular weight excluding hydrogens is 248 g/mol. The average molecular weight is 268 g/mol. The van der Waals surface area contributed by atoms with Crippen LogP contribution in [0.2, 0.25) is 0 Å². The summed E-state index contributed by atoms with van der Waals surface area (Å²) < 4.78 is 12.3. The minimum atomic E-state index is -0.353. The van der Waals surface area contributed by atoms with Crippen molar-refractivity contribution in [3.05, 3.63) is 32.6 Å². The van der Waals surface area contributed by atoms with Crippen molar-refractivity contribution in [2.24, 2.45) is 5.92 Å². The molecule has 1 aromatic rings. The summed E-state index contributed by atoms with van der Waals surface area (Å²) in [6.07, 6.45) is 3.30. The lowest BCUT2D eigenvalue weighted by atomic mass is 10.1. The molecule has 0 saturated heterocycles. The molecule has 0 radical (unpaired) electrons. The van der Waals surface area contributed by atoms with E-state index in [0.717, 1.165) is 12.8 Å². The minimum Gasteiger partial charge on any atom is -0.384 e. The summed E-state index contributed by atoms with van der Waals surface area (Å²) in [4.78, 5) is 25.6. The number of aromatic amines is 1. The van der Waals surface area contributed by atoms with Crippen LogP contribution in [0.15, 0.2) is 15.8 Å². The first-order chi connectivity index (χ1) is 9.06. The highest BCUT2D eigenvalue weighted by Crippen LogP contribution is 2.35. The number of rotatable bonds is 4. The Labute approximate surface area is 111 Å². The fourth-order valence-electron chi connectivity index (χ4n) is 2.82. The molecule has 6 nitrogen and oxygen atoms in total. The summed E-state index contributed by atoms with van der Waals surface area (Å²) in [5.41, 5.74) is -0.131. The van der Waals surface area contributed by atoms with E-state index in [0.29, 0.717) is 12.2 Å². The second kappa shape index (κ2) is 5.71. The molecule has 1 N–H and O–H groups in total. The zero-order valence-electron chi connectivity index (χ0n) is 11.5. The third kappa shape index (κ3) is 2.79. The van der Waals surface area contributed by atoms with E-state index < -0.39 is 0 Å². The zero-order valence-corrected chi connectivity index (χ0v) is 11.5. The Morgan fingerprint density at radius 3 is 2.74 bits per heavy atom. The Kier molecular flexibility index (Phi) is 4.21. The second-order valence-electron chi connectivity index (χ2n) is 5.09. The summed E-state index contributed by atoms with van der Waals surface area (Å²) in [5.74, 6) is 0.277. The van der Waals surface area contributed by atoms with Gasteiger partial charge in [-0.3, -0.25) is 14.3 Å². The molecule has 3 atom stereocenters. The normalized spacial score (nSPS) is 26.8. The van der Waals surface area contributed by atoms with Gasteiger partial charge in [-0.2, -0.15) is 0 Å². The largest absolute Gasteiger partial charge is 0.384 e. The second-order valence-corrected chi connectivity index (χ2v) is 5.09. The molecule has 0 unspecified atom stereocenters. The van der Waals surface area contributed by atoms with Gasteiger partial charge < -0.3 is 9.47 Å². The third-order valence-electron chi connectivity index (χ3n) is 3.83. The molecule has 1 aliphatic carbocycles. The fraction of sp³-hybridized carbons (Fsp3) is 0.692. The van der Waals surface area contributed by atoms with Crippen molar-refractivity contribution in [1.29, 1.82) is 0 Å². The summed E-state index contributed by atoms with van der Waals surface area (Å²) in [6, 6.07) is 0.0492. The van der Waals surface area contributed by atoms with E-state index in [1.54, 1.807) is 31.9 Å². The van der Waals surface area contributed by atoms with E-state index >= 15 is 0 Å². The van der Waals surface area contributed by atoms with E-state index in [1.807, 2.05) is 0 Å². The zero-order chi connectivity index (χ0) is 14.0. The minimum absolute atomic E-state index is 0.0492. The van der Waals surface area contributed by atoms with Crippen LogP contribution in [0.25, 0.3) is 0 Å². The van der Waals surface area contributed by atoms with Crippen LogP contribution in [0.1, 0.15) is 24.4 Å². The number of aryl methyl sites for hydroxylation is 1. The quantitative estimate of drug-likeness (QED) is 0.861. The van der Waals surface area contributed by atoms with Crippen molar-refractivity contribution in [3.8, 4) is 0 Å². The van der Waals surface area contributed by atoms with Crippen molar-refractivity contribution in [1.82, 2.24) is 9.55 Å². The van der Waals surface area contributed by atoms with Crippen LogP contribution in [0.3, 0.4) is 0 Å². The van der Waals surface area contributed by atoms with Gasteiger partial charge in [-0.25, -0.2) is 4.79 Å². The van der Waals surface area contributed by atoms with Gasteiger partial charge in [0.1, 0.15) is 0 Å². The van der Waals surface area contributed by atoms with E-state index in [4.69, 9.17) is 9.47 Å². The Balaban J connectivity index is 2.27. The number of methoxy groups -OCH3 is 2. The predicted octanol–water partition coefficient (Wildman–Crippen LogP) is 0.458. The van der Waals surface area contributed by atoms with Crippen LogP contribution in [-0.4, -0.2) is 36.5 Å². The van der Waals surface area contributed by atoms with E-state index in [2.05, 4.69) is 4.98 Å². The number of hydrogen-bond acceptors (Lipinski definition) is 4. The van der Waals surface area contributed by atoms with Crippen LogP contribution in [0.5, 0.6) is 0 Å². The molecular formula is C13H20N2O4. The standard InChI is InChI=1S/C13H20N2O4/c1-8-6-15(13(17)14-12(8)16)10-4-9(7-18-2)11(5-10)19-3/h6,9-11H,4-5,7H2,1-3H3,(H,14,16,17)/t9-,10-,11+/m1/s1. The molecule has 1 aliphatic rings. The van der Waals surface area contributed by atoms with Gasteiger partial charge in [0.15, 0.2) is 0 Å². The van der Waals surface area contributed by atoms with Crippen LogP contribution in [0, 0.1) is 12.8 Å². The fourth-order valence-corrected chi connectivity index (χ4v) is 2.82. The number of nitrogens with zero attached hydrogens (tertiary/aromatic N) is 1. The van der Waals surface area contributed by atoms with E-state index in [1.165, 1.54) is 0 Å². The van der Waals surface area contributed by atoms with Crippen molar-refractivity contribution in [3.63, 3.8) is 0 Å². The van der Waals surface area contributed by atoms with Crippen LogP contribution < -0.4 is 11.2 Å². The number of H-pyrrole nitrogens is 1. The number of aromatic nitrogens is 2. The highest BCUT2D eigenvalue weighted by molar-refractivity contribution is 5.03. The lowest BCUT2D eigenvalue weighted by Crippen LogP contribution is -2.32. The maximum Gasteiger partial charge on any atom is 0.328 e. The lowest BCUT2D eigenvalue weighted by Gasteiger charge is -2.15. The van der Waals surface area contributed by atoms with Gasteiger partial charge >= 0.3 is 5.69 Å². The van der Waals surface area contributed by atoms with Gasteiger partial charge in [0, 0.05) is 37.9 Å². The van der Waals surface area contributed by atoms with Crippen molar-refractivity contribution in [2.75, 3.05) is 20.8 Å². The number of nitrogens with one attached hydrogen (secondary N) is 1. The summed E-state index contributed by atoms with van der Waals surface area (Å²) in [5, 5.41) is 0. The van der Waals surface area contributed by atoms with Crippen LogP contribution in [0.4, 0.5) is 0 Å². The van der Waals surface area contributed by atoms with Gasteiger partial charge in [-0.05, 0) is 19.8 Å². The number of ether oxygens (including phenoxy) is 2. The molecule has 0 aliphatic heterocycles. The molecule has 0 aromatic carbocycles. The molecule has 0 bridgehead atoms.